The Balaban J connectivity index is 3.05. The zero-order valence-electron chi connectivity index (χ0n) is 9.32. The van der Waals surface area contributed by atoms with Crippen molar-refractivity contribution >= 4 is 15.9 Å². The van der Waals surface area contributed by atoms with E-state index < -0.39 is 0 Å². The second-order valence-corrected chi connectivity index (χ2v) is 5.24. The maximum Gasteiger partial charge on any atom is 0.0145 e. The van der Waals surface area contributed by atoms with Crippen LogP contribution in [0.3, 0.4) is 0 Å². The Kier molecular flexibility index (Phi) is 11.0. The van der Waals surface area contributed by atoms with Crippen molar-refractivity contribution in [3.8, 4) is 0 Å². The van der Waals surface area contributed by atoms with Crippen LogP contribution in [0.1, 0.15) is 71.6 Å². The molecule has 0 nitrogen and oxygen atoms in total. The molecule has 1 unspecified atom stereocenters. The van der Waals surface area contributed by atoms with E-state index in [-0.39, 0.29) is 0 Å². The van der Waals surface area contributed by atoms with Crippen LogP contribution in [0.5, 0.6) is 0 Å². The molecule has 0 bridgehead atoms. The van der Waals surface area contributed by atoms with Crippen molar-refractivity contribution in [2.75, 3.05) is 0 Å². The van der Waals surface area contributed by atoms with Gasteiger partial charge in [-0.1, -0.05) is 74.7 Å². The van der Waals surface area contributed by atoms with Crippen LogP contribution in [-0.2, 0) is 0 Å². The Bertz CT molecular complexity index is 91.1. The molecule has 0 fully saturated rings. The van der Waals surface area contributed by atoms with Crippen LogP contribution in [0.4, 0.5) is 0 Å². The minimum Gasteiger partial charge on any atom is -0.0891 e. The van der Waals surface area contributed by atoms with Gasteiger partial charge in [-0.05, 0) is 12.8 Å². The van der Waals surface area contributed by atoms with E-state index in [0.717, 1.165) is 4.83 Å². The smallest absolute Gasteiger partial charge is 0.0145 e. The van der Waals surface area contributed by atoms with Crippen LogP contribution in [0, 0.1) is 0 Å². The molecule has 0 rings (SSSR count). The van der Waals surface area contributed by atoms with Gasteiger partial charge in [0.25, 0.3) is 0 Å². The van der Waals surface area contributed by atoms with E-state index in [1.54, 1.807) is 0 Å². The highest BCUT2D eigenvalue weighted by molar-refractivity contribution is 9.09. The first-order valence-electron chi connectivity index (χ1n) is 5.95. The van der Waals surface area contributed by atoms with Crippen molar-refractivity contribution in [3.05, 3.63) is 0 Å². The van der Waals surface area contributed by atoms with E-state index in [2.05, 4.69) is 29.8 Å². The molecule has 0 aliphatic carbocycles. The molecule has 1 heteroatoms. The summed E-state index contributed by atoms with van der Waals surface area (Å²) in [6, 6.07) is 0. The zero-order valence-corrected chi connectivity index (χ0v) is 10.9. The lowest BCUT2D eigenvalue weighted by molar-refractivity contribution is 0.577. The van der Waals surface area contributed by atoms with Crippen LogP contribution in [0.15, 0.2) is 0 Å². The molecule has 0 aliphatic rings. The molecule has 0 heterocycles. The second kappa shape index (κ2) is 10.6. The van der Waals surface area contributed by atoms with Crippen LogP contribution in [0.2, 0.25) is 0 Å². The summed E-state index contributed by atoms with van der Waals surface area (Å²) in [7, 11) is 0. The number of alkyl halides is 1. The largest absolute Gasteiger partial charge is 0.0891 e. The van der Waals surface area contributed by atoms with E-state index in [1.807, 2.05) is 0 Å². The molecular weight excluding hydrogens is 224 g/mol. The average molecular weight is 249 g/mol. The van der Waals surface area contributed by atoms with Gasteiger partial charge in [0, 0.05) is 4.83 Å². The Labute approximate surface area is 92.6 Å². The van der Waals surface area contributed by atoms with E-state index in [9.17, 15) is 0 Å². The highest BCUT2D eigenvalue weighted by atomic mass is 79.9. The summed E-state index contributed by atoms with van der Waals surface area (Å²) >= 11 is 3.76. The molecule has 0 spiro atoms. The number of halogens is 1. The first kappa shape index (κ1) is 13.5. The Hall–Kier alpha value is 0.480. The maximum atomic E-state index is 3.76. The van der Waals surface area contributed by atoms with Crippen LogP contribution in [-0.4, -0.2) is 4.83 Å². The van der Waals surface area contributed by atoms with Gasteiger partial charge in [0.05, 0.1) is 0 Å². The highest BCUT2D eigenvalue weighted by Gasteiger charge is 2.02. The SMILES string of the molecule is CCCCCCC(Br)CCCCC. The predicted molar refractivity (Wildman–Crippen MR) is 65.6 cm³/mol. The Morgan fingerprint density at radius 3 is 1.77 bits per heavy atom. The van der Waals surface area contributed by atoms with Crippen LogP contribution < -0.4 is 0 Å². The lowest BCUT2D eigenvalue weighted by atomic mass is 10.1. The summed E-state index contributed by atoms with van der Waals surface area (Å²) < 4.78 is 0. The summed E-state index contributed by atoms with van der Waals surface area (Å²) in [4.78, 5) is 0.788. The molecule has 80 valence electrons. The third-order valence-electron chi connectivity index (χ3n) is 2.49. The van der Waals surface area contributed by atoms with E-state index in [1.165, 1.54) is 57.8 Å². The molecule has 0 amide bonds. The second-order valence-electron chi connectivity index (χ2n) is 3.94. The van der Waals surface area contributed by atoms with Gasteiger partial charge in [0.15, 0.2) is 0 Å². The molecular formula is C12H25Br. The number of hydrogen-bond acceptors (Lipinski definition) is 0. The summed E-state index contributed by atoms with van der Waals surface area (Å²) in [5.41, 5.74) is 0. The molecule has 13 heavy (non-hydrogen) atoms. The summed E-state index contributed by atoms with van der Waals surface area (Å²) in [5, 5.41) is 0. The lowest BCUT2D eigenvalue weighted by Gasteiger charge is -2.08. The van der Waals surface area contributed by atoms with Gasteiger partial charge < -0.3 is 0 Å². The number of hydrogen-bond donors (Lipinski definition) is 0. The van der Waals surface area contributed by atoms with E-state index >= 15 is 0 Å². The molecule has 0 radical (unpaired) electrons. The van der Waals surface area contributed by atoms with Crippen molar-refractivity contribution in [1.82, 2.24) is 0 Å². The summed E-state index contributed by atoms with van der Waals surface area (Å²) in [6.45, 7) is 4.54. The molecule has 0 aromatic rings. The maximum absolute atomic E-state index is 3.76. The lowest BCUT2D eigenvalue weighted by Crippen LogP contribution is -1.97. The molecule has 0 aliphatic heterocycles. The molecule has 0 saturated carbocycles. The molecule has 0 aromatic carbocycles. The normalized spacial score (nSPS) is 13.2. The number of rotatable bonds is 9. The Morgan fingerprint density at radius 1 is 0.769 bits per heavy atom. The minimum absolute atomic E-state index is 0.788. The van der Waals surface area contributed by atoms with Crippen molar-refractivity contribution < 1.29 is 0 Å². The summed E-state index contributed by atoms with van der Waals surface area (Å²) in [6.07, 6.45) is 12.5. The van der Waals surface area contributed by atoms with Gasteiger partial charge in [-0.3, -0.25) is 0 Å². The predicted octanol–water partition coefficient (Wildman–Crippen LogP) is 5.30. The topological polar surface area (TPSA) is 0 Å². The van der Waals surface area contributed by atoms with Crippen molar-refractivity contribution in [2.24, 2.45) is 0 Å². The van der Waals surface area contributed by atoms with Crippen molar-refractivity contribution in [1.29, 1.82) is 0 Å². The first-order valence-corrected chi connectivity index (χ1v) is 6.86. The van der Waals surface area contributed by atoms with Gasteiger partial charge in [-0.25, -0.2) is 0 Å². The third-order valence-corrected chi connectivity index (χ3v) is 3.41. The molecule has 0 N–H and O–H groups in total. The van der Waals surface area contributed by atoms with E-state index in [0.29, 0.717) is 0 Å². The zero-order chi connectivity index (χ0) is 9.94. The van der Waals surface area contributed by atoms with Crippen LogP contribution >= 0.6 is 15.9 Å². The van der Waals surface area contributed by atoms with Gasteiger partial charge in [0.2, 0.25) is 0 Å². The van der Waals surface area contributed by atoms with E-state index in [4.69, 9.17) is 0 Å². The molecule has 0 aromatic heterocycles. The molecule has 1 atom stereocenters. The average Bonchev–Trinajstić information content (AvgIpc) is 2.13. The van der Waals surface area contributed by atoms with Gasteiger partial charge in [-0.15, -0.1) is 0 Å². The van der Waals surface area contributed by atoms with Crippen molar-refractivity contribution in [3.63, 3.8) is 0 Å². The van der Waals surface area contributed by atoms with Gasteiger partial charge in [0.1, 0.15) is 0 Å². The highest BCUT2D eigenvalue weighted by Crippen LogP contribution is 2.18. The van der Waals surface area contributed by atoms with Gasteiger partial charge in [-0.2, -0.15) is 0 Å². The summed E-state index contributed by atoms with van der Waals surface area (Å²) in [5.74, 6) is 0. The van der Waals surface area contributed by atoms with Gasteiger partial charge >= 0.3 is 0 Å². The number of unbranched alkanes of at least 4 members (excludes halogenated alkanes) is 5. The Morgan fingerprint density at radius 2 is 1.23 bits per heavy atom. The first-order chi connectivity index (χ1) is 6.31. The standard InChI is InChI=1S/C12H25Br/c1-3-5-7-9-11-12(13)10-8-6-4-2/h12H,3-11H2,1-2H3. The fourth-order valence-electron chi connectivity index (χ4n) is 1.55. The van der Waals surface area contributed by atoms with Crippen LogP contribution in [0.25, 0.3) is 0 Å². The third kappa shape index (κ3) is 10.4. The fraction of sp³-hybridized carbons (Fsp3) is 1.00. The molecule has 0 saturated heterocycles. The monoisotopic (exact) mass is 248 g/mol. The van der Waals surface area contributed by atoms with Crippen molar-refractivity contribution in [2.45, 2.75) is 76.5 Å². The quantitative estimate of drug-likeness (QED) is 0.384. The fourth-order valence-corrected chi connectivity index (χ4v) is 2.20. The minimum atomic E-state index is 0.788.